The second-order valence-electron chi connectivity index (χ2n) is 6.45. The predicted molar refractivity (Wildman–Crippen MR) is 81.7 cm³/mol. The molecule has 1 heterocycles. The Morgan fingerprint density at radius 3 is 2.57 bits per heavy atom. The molecule has 5 heteroatoms. The normalized spacial score (nSPS) is 18.1. The lowest BCUT2D eigenvalue weighted by Crippen LogP contribution is -2.41. The van der Waals surface area contributed by atoms with Crippen LogP contribution in [0.2, 0.25) is 0 Å². The Kier molecular flexibility index (Phi) is 4.28. The van der Waals surface area contributed by atoms with Crippen molar-refractivity contribution < 1.29 is 14.3 Å². The largest absolute Gasteiger partial charge is 0.444 e. The summed E-state index contributed by atoms with van der Waals surface area (Å²) in [5.41, 5.74) is 2.03. The van der Waals surface area contributed by atoms with E-state index in [1.807, 2.05) is 26.8 Å². The quantitative estimate of drug-likeness (QED) is 0.739. The van der Waals surface area contributed by atoms with Gasteiger partial charge in [-0.3, -0.25) is 4.79 Å². The molecular formula is C16H20ClNO3. The van der Waals surface area contributed by atoms with Crippen molar-refractivity contribution in [3.63, 3.8) is 0 Å². The average molecular weight is 310 g/mol. The minimum atomic E-state index is -0.519. The van der Waals surface area contributed by atoms with E-state index in [9.17, 15) is 9.59 Å². The zero-order valence-electron chi connectivity index (χ0n) is 12.8. The molecule has 0 fully saturated rings. The topological polar surface area (TPSA) is 46.6 Å². The summed E-state index contributed by atoms with van der Waals surface area (Å²) in [6.45, 7) is 8.63. The molecule has 2 rings (SSSR count). The first-order valence-corrected chi connectivity index (χ1v) is 7.36. The van der Waals surface area contributed by atoms with Crippen LogP contribution in [0, 0.1) is 0 Å². The third-order valence-electron chi connectivity index (χ3n) is 3.41. The van der Waals surface area contributed by atoms with E-state index in [-0.39, 0.29) is 12.0 Å². The van der Waals surface area contributed by atoms with Crippen molar-refractivity contribution in [2.75, 3.05) is 6.54 Å². The van der Waals surface area contributed by atoms with Gasteiger partial charge < -0.3 is 9.64 Å². The maximum Gasteiger partial charge on any atom is 0.410 e. The van der Waals surface area contributed by atoms with Crippen molar-refractivity contribution >= 4 is 22.9 Å². The summed E-state index contributed by atoms with van der Waals surface area (Å²) in [4.78, 5) is 25.1. The molecule has 0 saturated carbocycles. The molecule has 0 radical (unpaired) electrons. The predicted octanol–water partition coefficient (Wildman–Crippen LogP) is 3.92. The van der Waals surface area contributed by atoms with Crippen molar-refractivity contribution in [2.24, 2.45) is 0 Å². The van der Waals surface area contributed by atoms with Gasteiger partial charge in [0, 0.05) is 18.7 Å². The molecule has 0 unspecified atom stereocenters. The molecule has 1 amide bonds. The van der Waals surface area contributed by atoms with Crippen molar-refractivity contribution in [1.82, 2.24) is 4.90 Å². The Labute approximate surface area is 130 Å². The lowest BCUT2D eigenvalue weighted by molar-refractivity contribution is 0.0209. The zero-order chi connectivity index (χ0) is 15.8. The van der Waals surface area contributed by atoms with Crippen LogP contribution >= 0.6 is 11.6 Å². The van der Waals surface area contributed by atoms with Crippen molar-refractivity contribution in [3.8, 4) is 0 Å². The van der Waals surface area contributed by atoms with E-state index in [0.29, 0.717) is 18.7 Å². The smallest absolute Gasteiger partial charge is 0.410 e. The van der Waals surface area contributed by atoms with E-state index < -0.39 is 10.8 Å². The average Bonchev–Trinajstić information content (AvgIpc) is 2.35. The molecule has 4 nitrogen and oxygen atoms in total. The molecule has 1 aliphatic heterocycles. The first-order chi connectivity index (χ1) is 9.67. The number of hydrogen-bond donors (Lipinski definition) is 0. The van der Waals surface area contributed by atoms with Gasteiger partial charge in [-0.05, 0) is 61.5 Å². The summed E-state index contributed by atoms with van der Waals surface area (Å²) >= 11 is 5.52. The molecule has 1 aromatic carbocycles. The molecule has 0 aliphatic carbocycles. The van der Waals surface area contributed by atoms with E-state index in [0.717, 1.165) is 11.1 Å². The van der Waals surface area contributed by atoms with E-state index >= 15 is 0 Å². The number of amides is 1. The molecule has 0 aromatic heterocycles. The SMILES string of the molecule is C[C@H]1CN(C(=O)OC(C)(C)C)Cc2cc(C(=O)Cl)ccc21. The maximum absolute atomic E-state index is 12.2. The highest BCUT2D eigenvalue weighted by atomic mass is 35.5. The van der Waals surface area contributed by atoms with Crippen LogP contribution < -0.4 is 0 Å². The standard InChI is InChI=1S/C16H20ClNO3/c1-10-8-18(15(20)21-16(2,3)4)9-12-7-11(14(17)19)5-6-13(10)12/h5-7,10H,8-9H2,1-4H3/t10-/m0/s1. The summed E-state index contributed by atoms with van der Waals surface area (Å²) in [5, 5.41) is -0.486. The number of nitrogens with zero attached hydrogens (tertiary/aromatic N) is 1. The highest BCUT2D eigenvalue weighted by molar-refractivity contribution is 6.67. The van der Waals surface area contributed by atoms with Crippen LogP contribution in [0.4, 0.5) is 4.79 Å². The van der Waals surface area contributed by atoms with Gasteiger partial charge in [-0.15, -0.1) is 0 Å². The van der Waals surface area contributed by atoms with E-state index in [1.54, 1.807) is 17.0 Å². The monoisotopic (exact) mass is 309 g/mol. The van der Waals surface area contributed by atoms with Gasteiger partial charge in [-0.2, -0.15) is 0 Å². The minimum Gasteiger partial charge on any atom is -0.444 e. The Balaban J connectivity index is 2.24. The molecule has 114 valence electrons. The van der Waals surface area contributed by atoms with Crippen molar-refractivity contribution in [2.45, 2.75) is 45.8 Å². The van der Waals surface area contributed by atoms with Gasteiger partial charge in [-0.25, -0.2) is 4.79 Å². The summed E-state index contributed by atoms with van der Waals surface area (Å²) in [6.07, 6.45) is -0.331. The van der Waals surface area contributed by atoms with Gasteiger partial charge >= 0.3 is 6.09 Å². The number of carbonyl (C=O) groups excluding carboxylic acids is 2. The molecule has 0 N–H and O–H groups in total. The number of rotatable bonds is 1. The molecule has 0 saturated heterocycles. The number of hydrogen-bond acceptors (Lipinski definition) is 3. The molecule has 0 spiro atoms. The minimum absolute atomic E-state index is 0.195. The van der Waals surface area contributed by atoms with Crippen molar-refractivity contribution in [3.05, 3.63) is 34.9 Å². The molecule has 21 heavy (non-hydrogen) atoms. The van der Waals surface area contributed by atoms with Crippen LogP contribution in [-0.4, -0.2) is 28.4 Å². The molecule has 0 bridgehead atoms. The summed E-state index contributed by atoms with van der Waals surface area (Å²) in [6, 6.07) is 5.41. The molecule has 1 aliphatic rings. The Morgan fingerprint density at radius 1 is 1.33 bits per heavy atom. The second kappa shape index (κ2) is 5.68. The fourth-order valence-corrected chi connectivity index (χ4v) is 2.63. The highest BCUT2D eigenvalue weighted by Gasteiger charge is 2.29. The summed E-state index contributed by atoms with van der Waals surface area (Å²) in [7, 11) is 0. The molecule has 1 aromatic rings. The lowest BCUT2D eigenvalue weighted by Gasteiger charge is -2.34. The summed E-state index contributed by atoms with van der Waals surface area (Å²) in [5.74, 6) is 0.195. The third-order valence-corrected chi connectivity index (χ3v) is 3.63. The first-order valence-electron chi connectivity index (χ1n) is 6.98. The number of fused-ring (bicyclic) bond motifs is 1. The number of carbonyl (C=O) groups is 2. The Morgan fingerprint density at radius 2 is 2.00 bits per heavy atom. The van der Waals surface area contributed by atoms with E-state index in [4.69, 9.17) is 16.3 Å². The Hall–Kier alpha value is -1.55. The van der Waals surface area contributed by atoms with Crippen molar-refractivity contribution in [1.29, 1.82) is 0 Å². The number of halogens is 1. The highest BCUT2D eigenvalue weighted by Crippen LogP contribution is 2.30. The fourth-order valence-electron chi connectivity index (χ4n) is 2.51. The van der Waals surface area contributed by atoms with Crippen LogP contribution in [-0.2, 0) is 11.3 Å². The van der Waals surface area contributed by atoms with Crippen LogP contribution in [0.3, 0.4) is 0 Å². The first kappa shape index (κ1) is 15.8. The molecular weight excluding hydrogens is 290 g/mol. The number of benzene rings is 1. The van der Waals surface area contributed by atoms with Crippen LogP contribution in [0.25, 0.3) is 0 Å². The van der Waals surface area contributed by atoms with Crippen LogP contribution in [0.15, 0.2) is 18.2 Å². The second-order valence-corrected chi connectivity index (χ2v) is 6.79. The summed E-state index contributed by atoms with van der Waals surface area (Å²) < 4.78 is 5.41. The zero-order valence-corrected chi connectivity index (χ0v) is 13.5. The van der Waals surface area contributed by atoms with Crippen LogP contribution in [0.5, 0.6) is 0 Å². The van der Waals surface area contributed by atoms with Crippen LogP contribution in [0.1, 0.15) is 55.1 Å². The van der Waals surface area contributed by atoms with Gasteiger partial charge in [-0.1, -0.05) is 13.0 Å². The van der Waals surface area contributed by atoms with Gasteiger partial charge in [0.2, 0.25) is 0 Å². The fraction of sp³-hybridized carbons (Fsp3) is 0.500. The number of ether oxygens (including phenoxy) is 1. The Bertz CT molecular complexity index is 577. The maximum atomic E-state index is 12.2. The van der Waals surface area contributed by atoms with Gasteiger partial charge in [0.25, 0.3) is 5.24 Å². The van der Waals surface area contributed by atoms with Gasteiger partial charge in [0.1, 0.15) is 5.60 Å². The van der Waals surface area contributed by atoms with Gasteiger partial charge in [0.05, 0.1) is 0 Å². The van der Waals surface area contributed by atoms with E-state index in [2.05, 4.69) is 6.92 Å². The van der Waals surface area contributed by atoms with Gasteiger partial charge in [0.15, 0.2) is 0 Å². The molecule has 1 atom stereocenters. The third kappa shape index (κ3) is 3.76. The van der Waals surface area contributed by atoms with E-state index in [1.165, 1.54) is 0 Å². The lowest BCUT2D eigenvalue weighted by atomic mass is 9.90.